The molecule has 0 aliphatic heterocycles. The zero-order valence-corrected chi connectivity index (χ0v) is 37.3. The topological polar surface area (TPSA) is 206 Å². The first-order chi connectivity index (χ1) is 28.9. The highest BCUT2D eigenvalue weighted by molar-refractivity contribution is 7.47. The van der Waals surface area contributed by atoms with Crippen LogP contribution in [0.5, 0.6) is 0 Å². The first-order valence-corrected chi connectivity index (χ1v) is 23.8. The molecule has 0 spiro atoms. The number of aliphatic hydroxyl groups excluding tert-OH is 4. The summed E-state index contributed by atoms with van der Waals surface area (Å²) in [5.41, 5.74) is 0. The molecule has 1 saturated carbocycles. The van der Waals surface area contributed by atoms with Crippen LogP contribution in [0, 0.1) is 11.8 Å². The van der Waals surface area contributed by atoms with Gasteiger partial charge in [0.05, 0.1) is 32.0 Å². The van der Waals surface area contributed by atoms with Crippen molar-refractivity contribution in [3.05, 3.63) is 60.8 Å². The van der Waals surface area contributed by atoms with E-state index < -0.39 is 76.5 Å². The van der Waals surface area contributed by atoms with E-state index in [0.717, 1.165) is 83.5 Å². The minimum Gasteiger partial charge on any atom is -0.462 e. The Morgan fingerprint density at radius 3 is 2.02 bits per heavy atom. The zero-order chi connectivity index (χ0) is 44.3. The molecule has 1 fully saturated rings. The Kier molecular flexibility index (Phi) is 33.0. The summed E-state index contributed by atoms with van der Waals surface area (Å²) in [4.78, 5) is 47.7. The number of aliphatic hydroxyl groups is 4. The molecule has 344 valence electrons. The molecular weight excluding hydrogens is 791 g/mol. The van der Waals surface area contributed by atoms with Crippen LogP contribution in [0.4, 0.5) is 0 Å². The van der Waals surface area contributed by atoms with Gasteiger partial charge in [0, 0.05) is 25.2 Å². The quantitative estimate of drug-likeness (QED) is 0.0172. The van der Waals surface area contributed by atoms with Crippen molar-refractivity contribution in [3.63, 3.8) is 0 Å². The summed E-state index contributed by atoms with van der Waals surface area (Å²) in [6.07, 6.45) is 32.3. The summed E-state index contributed by atoms with van der Waals surface area (Å²) in [6, 6.07) is 0. The Bertz CT molecular complexity index is 1340. The lowest BCUT2D eigenvalue weighted by molar-refractivity contribution is -0.161. The molecule has 60 heavy (non-hydrogen) atoms. The third-order valence-electron chi connectivity index (χ3n) is 10.1. The zero-order valence-electron chi connectivity index (χ0n) is 36.4. The first kappa shape index (κ1) is 55.3. The number of Topliss-reactive ketones (excluding diaryl/α,β-unsaturated/α-hetero) is 1. The first-order valence-electron chi connectivity index (χ1n) is 22.3. The van der Waals surface area contributed by atoms with Gasteiger partial charge in [0.25, 0.3) is 0 Å². The molecular formula is C46H77O13P. The Labute approximate surface area is 359 Å². The van der Waals surface area contributed by atoms with Gasteiger partial charge in [-0.3, -0.25) is 23.4 Å². The lowest BCUT2D eigenvalue weighted by atomic mass is 9.88. The van der Waals surface area contributed by atoms with Crippen LogP contribution >= 0.6 is 7.82 Å². The number of ether oxygens (including phenoxy) is 2. The van der Waals surface area contributed by atoms with Crippen LogP contribution in [-0.2, 0) is 37.5 Å². The highest BCUT2D eigenvalue weighted by Crippen LogP contribution is 2.43. The number of carbonyl (C=O) groups is 3. The average Bonchev–Trinajstić information content (AvgIpc) is 3.49. The van der Waals surface area contributed by atoms with E-state index in [2.05, 4.69) is 67.0 Å². The number of allylic oxidation sites excluding steroid dienone is 9. The molecule has 5 N–H and O–H groups in total. The van der Waals surface area contributed by atoms with Crippen molar-refractivity contribution in [1.82, 2.24) is 0 Å². The molecule has 1 unspecified atom stereocenters. The molecule has 1 rings (SSSR count). The van der Waals surface area contributed by atoms with Gasteiger partial charge in [0.1, 0.15) is 18.5 Å². The van der Waals surface area contributed by atoms with Gasteiger partial charge in [0.2, 0.25) is 0 Å². The Hall–Kier alpha value is -2.74. The fourth-order valence-corrected chi connectivity index (χ4v) is 7.38. The predicted octanol–water partition coefficient (Wildman–Crippen LogP) is 8.48. The van der Waals surface area contributed by atoms with Crippen molar-refractivity contribution < 1.29 is 62.8 Å². The van der Waals surface area contributed by atoms with Crippen LogP contribution in [-0.4, -0.2) is 93.9 Å². The molecule has 0 aromatic heterocycles. The van der Waals surface area contributed by atoms with E-state index in [9.17, 15) is 39.2 Å². The van der Waals surface area contributed by atoms with Crippen LogP contribution in [0.3, 0.4) is 0 Å². The number of hydrogen-bond acceptors (Lipinski definition) is 12. The van der Waals surface area contributed by atoms with Crippen molar-refractivity contribution in [2.45, 2.75) is 173 Å². The minimum absolute atomic E-state index is 0.0133. The molecule has 1 aliphatic carbocycles. The van der Waals surface area contributed by atoms with E-state index in [0.29, 0.717) is 32.1 Å². The van der Waals surface area contributed by atoms with Crippen molar-refractivity contribution in [3.8, 4) is 0 Å². The molecule has 0 aromatic carbocycles. The molecule has 0 aromatic rings. The van der Waals surface area contributed by atoms with Gasteiger partial charge in [-0.25, -0.2) is 4.57 Å². The third kappa shape index (κ3) is 29.5. The highest BCUT2D eigenvalue weighted by Gasteiger charge is 2.39. The Morgan fingerprint density at radius 1 is 0.767 bits per heavy atom. The van der Waals surface area contributed by atoms with Gasteiger partial charge in [-0.05, 0) is 70.1 Å². The van der Waals surface area contributed by atoms with Crippen molar-refractivity contribution in [1.29, 1.82) is 0 Å². The summed E-state index contributed by atoms with van der Waals surface area (Å²) >= 11 is 0. The largest absolute Gasteiger partial charge is 0.472 e. The van der Waals surface area contributed by atoms with Crippen molar-refractivity contribution in [2.24, 2.45) is 11.8 Å². The molecule has 0 saturated heterocycles. The van der Waals surface area contributed by atoms with E-state index in [-0.39, 0.29) is 31.0 Å². The number of phosphoric acid groups is 1. The summed E-state index contributed by atoms with van der Waals surface area (Å²) in [7, 11) is -4.69. The predicted molar refractivity (Wildman–Crippen MR) is 234 cm³/mol. The van der Waals surface area contributed by atoms with Gasteiger partial charge < -0.3 is 34.8 Å². The lowest BCUT2D eigenvalue weighted by Gasteiger charge is -2.20. The van der Waals surface area contributed by atoms with Gasteiger partial charge in [-0.2, -0.15) is 0 Å². The van der Waals surface area contributed by atoms with E-state index in [1.54, 1.807) is 12.2 Å². The molecule has 7 atom stereocenters. The van der Waals surface area contributed by atoms with Gasteiger partial charge in [0.15, 0.2) is 6.10 Å². The highest BCUT2D eigenvalue weighted by atomic mass is 31.2. The molecule has 0 heterocycles. The number of ketones is 1. The van der Waals surface area contributed by atoms with Gasteiger partial charge >= 0.3 is 19.8 Å². The summed E-state index contributed by atoms with van der Waals surface area (Å²) in [6.45, 7) is 1.85. The van der Waals surface area contributed by atoms with Crippen molar-refractivity contribution >= 4 is 25.5 Å². The Morgan fingerprint density at radius 2 is 1.37 bits per heavy atom. The second-order valence-electron chi connectivity index (χ2n) is 15.5. The second kappa shape index (κ2) is 35.8. The van der Waals surface area contributed by atoms with Crippen molar-refractivity contribution in [2.75, 3.05) is 26.4 Å². The lowest BCUT2D eigenvalue weighted by Crippen LogP contribution is -2.29. The SMILES string of the molecule is CC/C=C\C/C=C\C/C=C\C/C=C\CCCCCCC(=O)O[C@H](COC(=O)CCCCCC[C@H]1[C@@H](O)CC(=O)[C@@H]1/C=C/[C@@H](O)CCCCC)COP(=O)(O)OC[C@@H](O)CO. The fourth-order valence-electron chi connectivity index (χ4n) is 6.59. The van der Waals surface area contributed by atoms with E-state index in [4.69, 9.17) is 19.1 Å². The minimum atomic E-state index is -4.69. The van der Waals surface area contributed by atoms with Crippen LogP contribution in [0.1, 0.15) is 149 Å². The number of carbonyl (C=O) groups excluding carboxylic acids is 3. The molecule has 1 aliphatic rings. The second-order valence-corrected chi connectivity index (χ2v) is 16.9. The van der Waals surface area contributed by atoms with E-state index in [1.165, 1.54) is 0 Å². The maximum absolute atomic E-state index is 12.7. The van der Waals surface area contributed by atoms with Crippen LogP contribution in [0.15, 0.2) is 60.8 Å². The Balaban J connectivity index is 2.45. The van der Waals surface area contributed by atoms with Crippen LogP contribution < -0.4 is 0 Å². The molecule has 0 bridgehead atoms. The fraction of sp³-hybridized carbons (Fsp3) is 0.717. The van der Waals surface area contributed by atoms with E-state index in [1.807, 2.05) is 0 Å². The summed E-state index contributed by atoms with van der Waals surface area (Å²) in [5.74, 6) is -1.74. The number of hydrogen-bond donors (Lipinski definition) is 5. The van der Waals surface area contributed by atoms with Crippen LogP contribution in [0.25, 0.3) is 0 Å². The standard InChI is InChI=1S/C46H77O13P/c1-3-5-7-8-9-10-11-12-13-14-15-16-17-18-19-20-26-30-46(53)59-40(37-58-60(54,55)57-35-39(49)34-47)36-56-45(52)29-25-22-21-24-28-41-42(44(51)33-43(41)50)32-31-38(48)27-23-6-4-2/h5,7,9-10,12-13,15-16,31-32,38-43,47-50H,3-4,6,8,11,14,17-30,33-37H2,1-2H3,(H,54,55)/b7-5-,10-9-,13-12-,16-15-,32-31+/t38-,39-,40+,41+,42+,43-/m0/s1. The van der Waals surface area contributed by atoms with Gasteiger partial charge in [-0.15, -0.1) is 0 Å². The third-order valence-corrected chi connectivity index (χ3v) is 11.0. The molecule has 0 amide bonds. The maximum Gasteiger partial charge on any atom is 0.472 e. The number of esters is 2. The number of rotatable bonds is 37. The number of unbranched alkanes of at least 4 members (excludes halogenated alkanes) is 9. The summed E-state index contributed by atoms with van der Waals surface area (Å²) in [5, 5.41) is 39.1. The van der Waals surface area contributed by atoms with Crippen LogP contribution in [0.2, 0.25) is 0 Å². The molecule has 13 nitrogen and oxygen atoms in total. The normalized spacial score (nSPS) is 19.9. The van der Waals surface area contributed by atoms with Gasteiger partial charge in [-0.1, -0.05) is 126 Å². The maximum atomic E-state index is 12.7. The smallest absolute Gasteiger partial charge is 0.462 e. The van der Waals surface area contributed by atoms with E-state index >= 15 is 0 Å². The summed E-state index contributed by atoms with van der Waals surface area (Å²) < 4.78 is 32.7. The molecule has 14 heteroatoms. The molecule has 0 radical (unpaired) electrons. The number of phosphoric ester groups is 1. The monoisotopic (exact) mass is 869 g/mol. The average molecular weight is 869 g/mol.